The molecule has 0 aliphatic carbocycles. The average Bonchev–Trinajstić information content (AvgIpc) is 2.99. The van der Waals surface area contributed by atoms with E-state index in [4.69, 9.17) is 16.6 Å². The summed E-state index contributed by atoms with van der Waals surface area (Å²) in [7, 11) is 0. The lowest BCUT2D eigenvalue weighted by Gasteiger charge is -2.07. The fraction of sp³-hybridized carbons (Fsp3) is 0.0667. The van der Waals surface area contributed by atoms with Gasteiger partial charge in [-0.25, -0.2) is 0 Å². The Morgan fingerprint density at radius 3 is 2.71 bits per heavy atom. The summed E-state index contributed by atoms with van der Waals surface area (Å²) in [6.07, 6.45) is 5.31. The van der Waals surface area contributed by atoms with Crippen molar-refractivity contribution in [3.63, 3.8) is 0 Å². The van der Waals surface area contributed by atoms with Crippen LogP contribution in [0.15, 0.2) is 62.7 Å². The van der Waals surface area contributed by atoms with Crippen molar-refractivity contribution in [2.75, 3.05) is 5.32 Å². The summed E-state index contributed by atoms with van der Waals surface area (Å²) in [5.74, 6) is 0.778. The van der Waals surface area contributed by atoms with Crippen LogP contribution in [-0.4, -0.2) is 10.8 Å². The lowest BCUT2D eigenvalue weighted by Crippen LogP contribution is -2.24. The SMILES string of the molecule is C/C(C=Cc1ccco1)=N\NC(=S)Nc1ccc(Br)cc1. The number of furan rings is 1. The molecule has 0 atom stereocenters. The number of allylic oxidation sites excluding steroid dienone is 1. The van der Waals surface area contributed by atoms with Gasteiger partial charge in [0.05, 0.1) is 12.0 Å². The highest BCUT2D eigenvalue weighted by Crippen LogP contribution is 2.13. The van der Waals surface area contributed by atoms with Gasteiger partial charge in [-0.05, 0) is 67.7 Å². The number of thiocarbonyl (C=S) groups is 1. The van der Waals surface area contributed by atoms with Gasteiger partial charge in [0.15, 0.2) is 5.11 Å². The van der Waals surface area contributed by atoms with E-state index in [-0.39, 0.29) is 0 Å². The molecule has 1 heterocycles. The van der Waals surface area contributed by atoms with Gasteiger partial charge in [0, 0.05) is 10.2 Å². The van der Waals surface area contributed by atoms with E-state index in [2.05, 4.69) is 31.8 Å². The number of nitrogens with zero attached hydrogens (tertiary/aromatic N) is 1. The summed E-state index contributed by atoms with van der Waals surface area (Å²) in [6, 6.07) is 11.4. The Kier molecular flexibility index (Phi) is 5.71. The summed E-state index contributed by atoms with van der Waals surface area (Å²) in [5, 5.41) is 7.64. The third kappa shape index (κ3) is 5.53. The van der Waals surface area contributed by atoms with Crippen molar-refractivity contribution in [1.29, 1.82) is 0 Å². The molecule has 0 saturated carbocycles. The Hall–Kier alpha value is -1.92. The molecule has 0 aliphatic heterocycles. The summed E-state index contributed by atoms with van der Waals surface area (Å²) in [6.45, 7) is 1.87. The largest absolute Gasteiger partial charge is 0.465 e. The highest BCUT2D eigenvalue weighted by Gasteiger charge is 1.96. The van der Waals surface area contributed by atoms with Crippen molar-refractivity contribution in [2.24, 2.45) is 5.10 Å². The van der Waals surface area contributed by atoms with Gasteiger partial charge in [-0.1, -0.05) is 15.9 Å². The van der Waals surface area contributed by atoms with Gasteiger partial charge < -0.3 is 9.73 Å². The molecular weight excluding hydrogens is 350 g/mol. The van der Waals surface area contributed by atoms with Gasteiger partial charge in [-0.3, -0.25) is 5.43 Å². The maximum Gasteiger partial charge on any atom is 0.191 e. The van der Waals surface area contributed by atoms with Crippen molar-refractivity contribution in [3.05, 3.63) is 59.0 Å². The lowest BCUT2D eigenvalue weighted by molar-refractivity contribution is 0.557. The zero-order valence-corrected chi connectivity index (χ0v) is 13.7. The molecule has 2 N–H and O–H groups in total. The molecule has 0 unspecified atom stereocenters. The zero-order chi connectivity index (χ0) is 15.1. The molecule has 1 aromatic heterocycles. The minimum atomic E-state index is 0.433. The Morgan fingerprint density at radius 2 is 2.05 bits per heavy atom. The Bertz CT molecular complexity index is 648. The quantitative estimate of drug-likeness (QED) is 0.479. The monoisotopic (exact) mass is 363 g/mol. The predicted molar refractivity (Wildman–Crippen MR) is 94.3 cm³/mol. The topological polar surface area (TPSA) is 49.6 Å². The van der Waals surface area contributed by atoms with E-state index in [0.717, 1.165) is 21.6 Å². The highest BCUT2D eigenvalue weighted by molar-refractivity contribution is 9.10. The second kappa shape index (κ2) is 7.75. The summed E-state index contributed by atoms with van der Waals surface area (Å²) in [4.78, 5) is 0. The van der Waals surface area contributed by atoms with Crippen molar-refractivity contribution < 1.29 is 4.42 Å². The van der Waals surface area contributed by atoms with Gasteiger partial charge in [-0.15, -0.1) is 0 Å². The van der Waals surface area contributed by atoms with Crippen LogP contribution in [-0.2, 0) is 0 Å². The van der Waals surface area contributed by atoms with Crippen LogP contribution < -0.4 is 10.7 Å². The third-order valence-corrected chi connectivity index (χ3v) is 3.19. The van der Waals surface area contributed by atoms with E-state index in [1.807, 2.05) is 55.5 Å². The molecule has 4 nitrogen and oxygen atoms in total. The minimum absolute atomic E-state index is 0.433. The number of hydrogen-bond donors (Lipinski definition) is 2. The van der Waals surface area contributed by atoms with Gasteiger partial charge in [0.25, 0.3) is 0 Å². The Balaban J connectivity index is 1.84. The normalized spacial score (nSPS) is 11.6. The second-order valence-corrected chi connectivity index (χ2v) is 5.50. The van der Waals surface area contributed by atoms with Crippen LogP contribution in [0, 0.1) is 0 Å². The van der Waals surface area contributed by atoms with E-state index in [9.17, 15) is 0 Å². The first-order valence-corrected chi connectivity index (χ1v) is 7.42. The van der Waals surface area contributed by atoms with E-state index >= 15 is 0 Å². The zero-order valence-electron chi connectivity index (χ0n) is 11.3. The van der Waals surface area contributed by atoms with E-state index in [1.165, 1.54) is 0 Å². The lowest BCUT2D eigenvalue weighted by atomic mass is 10.3. The summed E-state index contributed by atoms with van der Waals surface area (Å²) in [5.41, 5.74) is 4.47. The van der Waals surface area contributed by atoms with Crippen LogP contribution in [0.5, 0.6) is 0 Å². The van der Waals surface area contributed by atoms with Crippen LogP contribution >= 0.6 is 28.1 Å². The van der Waals surface area contributed by atoms with Crippen LogP contribution in [0.1, 0.15) is 12.7 Å². The number of halogens is 1. The van der Waals surface area contributed by atoms with Crippen LogP contribution in [0.4, 0.5) is 5.69 Å². The molecule has 108 valence electrons. The first-order valence-electron chi connectivity index (χ1n) is 6.22. The third-order valence-electron chi connectivity index (χ3n) is 2.47. The highest BCUT2D eigenvalue weighted by atomic mass is 79.9. The molecule has 21 heavy (non-hydrogen) atoms. The number of rotatable bonds is 4. The standard InChI is InChI=1S/C15H14BrN3OS/c1-11(4-9-14-3-2-10-20-14)18-19-15(21)17-13-7-5-12(16)6-8-13/h2-10H,1H3,(H2,17,19,21)/b9-4?,18-11+. The first kappa shape index (κ1) is 15.5. The second-order valence-electron chi connectivity index (χ2n) is 4.17. The number of hydrazone groups is 1. The van der Waals surface area contributed by atoms with E-state index < -0.39 is 0 Å². The first-order chi connectivity index (χ1) is 10.1. The fourth-order valence-corrected chi connectivity index (χ4v) is 1.89. The average molecular weight is 364 g/mol. The van der Waals surface area contributed by atoms with Gasteiger partial charge in [-0.2, -0.15) is 5.10 Å². The molecule has 0 radical (unpaired) electrons. The maximum atomic E-state index is 5.19. The number of anilines is 1. The molecule has 0 bridgehead atoms. The van der Waals surface area contributed by atoms with Crippen molar-refractivity contribution >= 4 is 50.7 Å². The van der Waals surface area contributed by atoms with Gasteiger partial charge in [0.1, 0.15) is 5.76 Å². The molecule has 0 aliphatic rings. The summed E-state index contributed by atoms with van der Waals surface area (Å²) < 4.78 is 6.21. The van der Waals surface area contributed by atoms with Gasteiger partial charge >= 0.3 is 0 Å². The van der Waals surface area contributed by atoms with Crippen molar-refractivity contribution in [2.45, 2.75) is 6.92 Å². The van der Waals surface area contributed by atoms with E-state index in [1.54, 1.807) is 6.26 Å². The van der Waals surface area contributed by atoms with Crippen LogP contribution in [0.25, 0.3) is 6.08 Å². The summed E-state index contributed by atoms with van der Waals surface area (Å²) >= 11 is 8.55. The molecule has 6 heteroatoms. The molecular formula is C15H14BrN3OS. The molecule has 0 amide bonds. The molecule has 2 rings (SSSR count). The fourth-order valence-electron chi connectivity index (χ4n) is 1.46. The molecule has 1 aromatic carbocycles. The van der Waals surface area contributed by atoms with Crippen LogP contribution in [0.2, 0.25) is 0 Å². The molecule has 2 aromatic rings. The maximum absolute atomic E-state index is 5.19. The minimum Gasteiger partial charge on any atom is -0.465 e. The smallest absolute Gasteiger partial charge is 0.191 e. The number of benzene rings is 1. The Labute approximate surface area is 137 Å². The van der Waals surface area contributed by atoms with Gasteiger partial charge in [0.2, 0.25) is 0 Å². The Morgan fingerprint density at radius 1 is 1.29 bits per heavy atom. The van der Waals surface area contributed by atoms with Crippen LogP contribution in [0.3, 0.4) is 0 Å². The van der Waals surface area contributed by atoms with Crippen molar-refractivity contribution in [3.8, 4) is 0 Å². The molecule has 0 fully saturated rings. The van der Waals surface area contributed by atoms with E-state index in [0.29, 0.717) is 5.11 Å². The number of hydrogen-bond acceptors (Lipinski definition) is 3. The molecule has 0 spiro atoms. The molecule has 0 saturated heterocycles. The van der Waals surface area contributed by atoms with Crippen molar-refractivity contribution in [1.82, 2.24) is 5.43 Å². The predicted octanol–water partition coefficient (Wildman–Crippen LogP) is 4.42. The number of nitrogens with one attached hydrogen (secondary N) is 2.